The Bertz CT molecular complexity index is 1370. The maximum absolute atomic E-state index is 7.80. The molecule has 2 aliphatic heterocycles. The van der Waals surface area contributed by atoms with E-state index in [0.717, 1.165) is 53.0 Å². The molecule has 0 amide bonds. The molecule has 47 heavy (non-hydrogen) atoms. The maximum Gasteiger partial charge on any atom is 0.291 e. The van der Waals surface area contributed by atoms with E-state index in [1.807, 2.05) is 0 Å². The lowest BCUT2D eigenvalue weighted by Crippen LogP contribution is -2.69. The standard InChI is InChI=1S/C43H66NO2Si/c1-31(2)17-16-18-32(3)37-23-24-38-36-30-44(9)43(46-44)29-33(25-28-42(43,8)39(36)26-27-41(37,38)7)45-47(40(4,5)6,34-19-12-10-13-20-34)35-21-14-11-15-22-35/h10-15,19-22,31-33,36-39H,16-18,23-30H2,1-9H3/q+1/t32-,33+,36+,37-,38+,39+,41-,42-,43+,44-/m1/s1. The van der Waals surface area contributed by atoms with Gasteiger partial charge in [-0.3, -0.25) is 0 Å². The number of benzene rings is 2. The number of fused-ring (bicyclic) bond motifs is 4. The van der Waals surface area contributed by atoms with E-state index in [4.69, 9.17) is 9.26 Å². The molecule has 7 rings (SSSR count). The zero-order chi connectivity index (χ0) is 33.5. The normalized spacial score (nSPS) is 40.3. The summed E-state index contributed by atoms with van der Waals surface area (Å²) in [7, 11) is -0.165. The van der Waals surface area contributed by atoms with Crippen LogP contribution in [0.1, 0.15) is 120 Å². The summed E-state index contributed by atoms with van der Waals surface area (Å²) in [5, 5.41) is 2.78. The van der Waals surface area contributed by atoms with Crippen LogP contribution in [0.4, 0.5) is 0 Å². The van der Waals surface area contributed by atoms with Crippen LogP contribution in [0.3, 0.4) is 0 Å². The van der Waals surface area contributed by atoms with Gasteiger partial charge in [0.2, 0.25) is 0 Å². The average Bonchev–Trinajstić information content (AvgIpc) is 3.46. The summed E-state index contributed by atoms with van der Waals surface area (Å²) in [4.78, 5) is 7.20. The Labute approximate surface area is 288 Å². The highest BCUT2D eigenvalue weighted by atomic mass is 28.4. The van der Waals surface area contributed by atoms with E-state index in [9.17, 15) is 0 Å². The quantitative estimate of drug-likeness (QED) is 0.152. The second-order valence-corrected chi connectivity index (χ2v) is 23.4. The molecule has 0 radical (unpaired) electrons. The second kappa shape index (κ2) is 11.8. The molecule has 5 fully saturated rings. The predicted octanol–water partition coefficient (Wildman–Crippen LogP) is 9.74. The summed E-state index contributed by atoms with van der Waals surface area (Å²) in [5.41, 5.74) is 0.629. The van der Waals surface area contributed by atoms with Crippen LogP contribution in [-0.2, 0) is 9.26 Å². The minimum absolute atomic E-state index is 0.00683. The fraction of sp³-hybridized carbons (Fsp3) is 0.721. The Kier molecular flexibility index (Phi) is 8.55. The fourth-order valence-corrected chi connectivity index (χ4v) is 17.7. The van der Waals surface area contributed by atoms with Crippen LogP contribution in [0.5, 0.6) is 0 Å². The molecule has 1 spiro atoms. The van der Waals surface area contributed by atoms with E-state index in [1.54, 1.807) is 0 Å². The van der Waals surface area contributed by atoms with Crippen molar-refractivity contribution < 1.29 is 13.9 Å². The first-order valence-corrected chi connectivity index (χ1v) is 21.5. The lowest BCUT2D eigenvalue weighted by Gasteiger charge is -2.58. The van der Waals surface area contributed by atoms with Crippen molar-refractivity contribution >= 4 is 18.7 Å². The smallest absolute Gasteiger partial charge is 0.291 e. The van der Waals surface area contributed by atoms with E-state index < -0.39 is 8.32 Å². The van der Waals surface area contributed by atoms with Crippen molar-refractivity contribution in [3.05, 3.63) is 60.7 Å². The summed E-state index contributed by atoms with van der Waals surface area (Å²) < 4.78 is 8.63. The van der Waals surface area contributed by atoms with Gasteiger partial charge in [-0.25, -0.2) is 0 Å². The monoisotopic (exact) mass is 656 g/mol. The number of hydrogen-bond acceptors (Lipinski definition) is 2. The third-order valence-corrected chi connectivity index (χ3v) is 20.3. The van der Waals surface area contributed by atoms with Gasteiger partial charge in [-0.1, -0.05) is 135 Å². The van der Waals surface area contributed by atoms with Crippen LogP contribution in [0, 0.1) is 46.3 Å². The Morgan fingerprint density at radius 3 is 2.09 bits per heavy atom. The molecule has 0 N–H and O–H groups in total. The predicted molar refractivity (Wildman–Crippen MR) is 198 cm³/mol. The van der Waals surface area contributed by atoms with Crippen molar-refractivity contribution in [1.29, 1.82) is 0 Å². The summed E-state index contributed by atoms with van der Waals surface area (Å²) in [6.07, 6.45) is 13.5. The van der Waals surface area contributed by atoms with E-state index in [0.29, 0.717) is 5.41 Å². The Morgan fingerprint density at radius 1 is 0.851 bits per heavy atom. The van der Waals surface area contributed by atoms with Crippen LogP contribution in [0.25, 0.3) is 0 Å². The summed E-state index contributed by atoms with van der Waals surface area (Å²) in [6, 6.07) is 22.5. The van der Waals surface area contributed by atoms with Crippen molar-refractivity contribution in [2.24, 2.45) is 46.3 Å². The number of hydrogen-bond donors (Lipinski definition) is 0. The van der Waals surface area contributed by atoms with Crippen LogP contribution in [0.2, 0.25) is 5.04 Å². The van der Waals surface area contributed by atoms with Crippen molar-refractivity contribution in [2.45, 2.75) is 136 Å². The maximum atomic E-state index is 7.80. The lowest BCUT2D eigenvalue weighted by atomic mass is 9.47. The van der Waals surface area contributed by atoms with Gasteiger partial charge in [0.1, 0.15) is 13.6 Å². The van der Waals surface area contributed by atoms with Gasteiger partial charge in [0.15, 0.2) is 0 Å². The molecule has 2 aromatic carbocycles. The second-order valence-electron chi connectivity index (χ2n) is 19.1. The Balaban J connectivity index is 1.15. The zero-order valence-electron chi connectivity index (χ0n) is 31.4. The van der Waals surface area contributed by atoms with Crippen LogP contribution < -0.4 is 10.4 Å². The molecule has 2 aromatic rings. The van der Waals surface area contributed by atoms with Gasteiger partial charge in [0.25, 0.3) is 14.0 Å². The van der Waals surface area contributed by atoms with Gasteiger partial charge < -0.3 is 4.43 Å². The van der Waals surface area contributed by atoms with Gasteiger partial charge in [-0.05, 0) is 88.9 Å². The topological polar surface area (TPSA) is 21.8 Å². The first-order valence-electron chi connectivity index (χ1n) is 19.6. The van der Waals surface area contributed by atoms with E-state index >= 15 is 0 Å². The van der Waals surface area contributed by atoms with Gasteiger partial charge >= 0.3 is 0 Å². The molecule has 10 atom stereocenters. The van der Waals surface area contributed by atoms with Crippen molar-refractivity contribution in [1.82, 2.24) is 0 Å². The van der Waals surface area contributed by atoms with Crippen molar-refractivity contribution in [3.63, 3.8) is 0 Å². The first kappa shape index (κ1) is 34.0. The number of nitrogens with zero attached hydrogens (tertiary/aromatic N) is 1. The molecule has 4 heteroatoms. The minimum Gasteiger partial charge on any atom is -0.404 e. The SMILES string of the molecule is CC(C)CCC[C@@H](C)[C@H]1CC[C@H]2[C@@H]3C[N@@+]4(C)O[C@]45C[C@@H](O[Si](c4ccccc4)(c4ccccc4)C(C)(C)C)CC[C@]5(C)[C@H]3CC[C@]12C. The van der Waals surface area contributed by atoms with Crippen LogP contribution in [0.15, 0.2) is 60.7 Å². The average molecular weight is 657 g/mol. The molecule has 5 aliphatic rings. The van der Waals surface area contributed by atoms with Crippen molar-refractivity contribution in [3.8, 4) is 0 Å². The third kappa shape index (κ3) is 5.11. The molecular weight excluding hydrogens is 591 g/mol. The minimum atomic E-state index is -2.62. The van der Waals surface area contributed by atoms with Gasteiger partial charge in [0.05, 0.1) is 17.9 Å². The van der Waals surface area contributed by atoms with Crippen molar-refractivity contribution in [2.75, 3.05) is 13.6 Å². The van der Waals surface area contributed by atoms with E-state index in [1.165, 1.54) is 68.3 Å². The Morgan fingerprint density at radius 2 is 1.49 bits per heavy atom. The van der Waals surface area contributed by atoms with E-state index in [-0.39, 0.29) is 22.3 Å². The zero-order valence-corrected chi connectivity index (χ0v) is 32.4. The number of piperidine rings is 1. The number of quaternary nitrogens is 1. The molecule has 2 heterocycles. The Hall–Kier alpha value is -1.46. The number of rotatable bonds is 9. The molecule has 2 saturated heterocycles. The van der Waals surface area contributed by atoms with Gasteiger partial charge in [-0.15, -0.1) is 9.48 Å². The molecule has 3 saturated carbocycles. The highest BCUT2D eigenvalue weighted by Crippen LogP contribution is 2.75. The number of hydroxylamine groups is 3. The molecule has 258 valence electrons. The van der Waals surface area contributed by atoms with Gasteiger partial charge in [-0.2, -0.15) is 0 Å². The molecule has 3 aliphatic carbocycles. The molecule has 0 aromatic heterocycles. The highest BCUT2D eigenvalue weighted by molar-refractivity contribution is 6.99. The van der Waals surface area contributed by atoms with Crippen LogP contribution >= 0.6 is 0 Å². The molecule has 0 bridgehead atoms. The summed E-state index contributed by atoms with van der Waals surface area (Å²) >= 11 is 0. The molecule has 0 unspecified atom stereocenters. The molecular formula is C43H66NO2Si+. The lowest BCUT2D eigenvalue weighted by molar-refractivity contribution is -0.924. The van der Waals surface area contributed by atoms with E-state index in [2.05, 4.69) is 123 Å². The fourth-order valence-electron chi connectivity index (χ4n) is 12.9. The summed E-state index contributed by atoms with van der Waals surface area (Å²) in [5.74, 6) is 5.01. The van der Waals surface area contributed by atoms with Crippen LogP contribution in [-0.4, -0.2) is 38.4 Å². The van der Waals surface area contributed by atoms with Gasteiger partial charge in [0, 0.05) is 5.92 Å². The summed E-state index contributed by atoms with van der Waals surface area (Å²) in [6.45, 7) is 21.2. The highest BCUT2D eigenvalue weighted by Gasteiger charge is 2.86. The molecule has 3 nitrogen and oxygen atoms in total. The largest absolute Gasteiger partial charge is 0.404 e. The third-order valence-electron chi connectivity index (χ3n) is 15.2. The first-order chi connectivity index (χ1) is 22.2.